The molecule has 2 atom stereocenters. The number of aromatic nitrogens is 2. The molecule has 2 N–H and O–H groups in total. The molecule has 8 heteroatoms. The molecule has 0 aliphatic carbocycles. The largest absolute Gasteiger partial charge is 0.480 e. The van der Waals surface area contributed by atoms with Crippen LogP contribution in [-0.2, 0) is 4.79 Å². The minimum absolute atomic E-state index is 0.269. The van der Waals surface area contributed by atoms with Crippen molar-refractivity contribution in [3.8, 4) is 0 Å². The molecule has 1 aromatic carbocycles. The average molecular weight is 328 g/mol. The molecule has 1 aliphatic rings. The maximum Gasteiger partial charge on any atom is 0.326 e. The molecule has 3 rings (SSSR count). The topological polar surface area (TPSA) is 88.2 Å². The van der Waals surface area contributed by atoms with Crippen LogP contribution in [0.5, 0.6) is 0 Å². The number of aliphatic carboxylic acids is 1. The van der Waals surface area contributed by atoms with Crippen molar-refractivity contribution >= 4 is 34.9 Å². The van der Waals surface area contributed by atoms with Crippen LogP contribution in [0.15, 0.2) is 16.7 Å². The third-order valence-corrected chi connectivity index (χ3v) is 3.91. The SMILES string of the molecule is Cc1noc(C2CC(C(=O)O)Nc3cc(Cl)cc(Cl)c32)n1. The van der Waals surface area contributed by atoms with Crippen LogP contribution in [-0.4, -0.2) is 27.3 Å². The Morgan fingerprint density at radius 2 is 2.24 bits per heavy atom. The zero-order valence-electron chi connectivity index (χ0n) is 10.9. The molecular weight excluding hydrogens is 317 g/mol. The van der Waals surface area contributed by atoms with Gasteiger partial charge in [-0.2, -0.15) is 4.98 Å². The first-order valence-electron chi connectivity index (χ1n) is 6.24. The molecule has 1 aliphatic heterocycles. The highest BCUT2D eigenvalue weighted by molar-refractivity contribution is 6.35. The average Bonchev–Trinajstić information content (AvgIpc) is 2.83. The van der Waals surface area contributed by atoms with E-state index in [9.17, 15) is 9.90 Å². The number of nitrogens with one attached hydrogen (secondary N) is 1. The second kappa shape index (κ2) is 5.20. The third kappa shape index (κ3) is 2.56. The minimum Gasteiger partial charge on any atom is -0.480 e. The second-order valence-corrected chi connectivity index (χ2v) is 5.70. The number of fused-ring (bicyclic) bond motifs is 1. The lowest BCUT2D eigenvalue weighted by Crippen LogP contribution is -2.35. The smallest absolute Gasteiger partial charge is 0.326 e. The van der Waals surface area contributed by atoms with Gasteiger partial charge in [0.1, 0.15) is 6.04 Å². The predicted molar refractivity (Wildman–Crippen MR) is 77.0 cm³/mol. The first-order chi connectivity index (χ1) is 9.95. The molecule has 0 saturated heterocycles. The zero-order valence-corrected chi connectivity index (χ0v) is 12.4. The predicted octanol–water partition coefficient (Wildman–Crippen LogP) is 3.09. The number of carboxylic acids is 1. The number of anilines is 1. The first kappa shape index (κ1) is 14.2. The van der Waals surface area contributed by atoms with E-state index in [1.54, 1.807) is 19.1 Å². The molecule has 21 heavy (non-hydrogen) atoms. The fourth-order valence-corrected chi connectivity index (χ4v) is 3.13. The highest BCUT2D eigenvalue weighted by Crippen LogP contribution is 2.43. The van der Waals surface area contributed by atoms with Crippen LogP contribution in [0.1, 0.15) is 29.6 Å². The molecule has 2 unspecified atom stereocenters. The van der Waals surface area contributed by atoms with E-state index in [-0.39, 0.29) is 12.3 Å². The molecular formula is C13H11Cl2N3O3. The molecule has 6 nitrogen and oxygen atoms in total. The van der Waals surface area contributed by atoms with Gasteiger partial charge in [0.25, 0.3) is 0 Å². The van der Waals surface area contributed by atoms with Crippen LogP contribution in [0.3, 0.4) is 0 Å². The molecule has 1 aromatic heterocycles. The number of carbonyl (C=O) groups is 1. The number of carboxylic acid groups (broad SMARTS) is 1. The Morgan fingerprint density at radius 1 is 1.48 bits per heavy atom. The summed E-state index contributed by atoms with van der Waals surface area (Å²) in [5, 5.41) is 16.8. The van der Waals surface area contributed by atoms with Crippen LogP contribution in [0.25, 0.3) is 0 Å². The fraction of sp³-hybridized carbons (Fsp3) is 0.308. The molecule has 0 spiro atoms. The lowest BCUT2D eigenvalue weighted by atomic mass is 9.86. The third-order valence-electron chi connectivity index (χ3n) is 3.38. The summed E-state index contributed by atoms with van der Waals surface area (Å²) < 4.78 is 5.20. The lowest BCUT2D eigenvalue weighted by Gasteiger charge is -2.30. The molecule has 0 bridgehead atoms. The van der Waals surface area contributed by atoms with Gasteiger partial charge in [0, 0.05) is 21.3 Å². The van der Waals surface area contributed by atoms with Gasteiger partial charge in [0.15, 0.2) is 5.82 Å². The van der Waals surface area contributed by atoms with Gasteiger partial charge in [0.2, 0.25) is 5.89 Å². The normalized spacial score (nSPS) is 20.7. The maximum absolute atomic E-state index is 11.3. The fourth-order valence-electron chi connectivity index (χ4n) is 2.50. The summed E-state index contributed by atoms with van der Waals surface area (Å²) in [5.41, 5.74) is 1.30. The Balaban J connectivity index is 2.14. The van der Waals surface area contributed by atoms with Crippen molar-refractivity contribution in [3.63, 3.8) is 0 Å². The summed E-state index contributed by atoms with van der Waals surface area (Å²) >= 11 is 12.2. The molecule has 0 fully saturated rings. The van der Waals surface area contributed by atoms with Crippen molar-refractivity contribution in [2.45, 2.75) is 25.3 Å². The van der Waals surface area contributed by atoms with Gasteiger partial charge in [-0.25, -0.2) is 4.79 Å². The van der Waals surface area contributed by atoms with E-state index in [2.05, 4.69) is 15.5 Å². The molecule has 110 valence electrons. The van der Waals surface area contributed by atoms with Gasteiger partial charge in [-0.15, -0.1) is 0 Å². The Labute approximate surface area is 130 Å². The number of benzene rings is 1. The van der Waals surface area contributed by atoms with E-state index in [0.29, 0.717) is 27.4 Å². The Bertz CT molecular complexity index is 717. The van der Waals surface area contributed by atoms with Crippen LogP contribution in [0.2, 0.25) is 10.0 Å². The number of rotatable bonds is 2. The maximum atomic E-state index is 11.3. The van der Waals surface area contributed by atoms with Crippen molar-refractivity contribution in [1.82, 2.24) is 10.1 Å². The summed E-state index contributed by atoms with van der Waals surface area (Å²) in [6.07, 6.45) is 0.269. The quantitative estimate of drug-likeness (QED) is 0.881. The number of hydrogen-bond acceptors (Lipinski definition) is 5. The van der Waals surface area contributed by atoms with Gasteiger partial charge in [0.05, 0.1) is 5.92 Å². The van der Waals surface area contributed by atoms with E-state index in [4.69, 9.17) is 27.7 Å². The number of aryl methyl sites for hydroxylation is 1. The van der Waals surface area contributed by atoms with Crippen molar-refractivity contribution in [2.75, 3.05) is 5.32 Å². The lowest BCUT2D eigenvalue weighted by molar-refractivity contribution is -0.138. The first-order valence-corrected chi connectivity index (χ1v) is 7.00. The zero-order chi connectivity index (χ0) is 15.1. The van der Waals surface area contributed by atoms with Crippen molar-refractivity contribution < 1.29 is 14.4 Å². The van der Waals surface area contributed by atoms with Gasteiger partial charge < -0.3 is 14.9 Å². The molecule has 0 saturated carbocycles. The second-order valence-electron chi connectivity index (χ2n) is 4.85. The summed E-state index contributed by atoms with van der Waals surface area (Å²) in [5.74, 6) is -0.501. The van der Waals surface area contributed by atoms with Crippen LogP contribution in [0, 0.1) is 6.92 Å². The van der Waals surface area contributed by atoms with Crippen molar-refractivity contribution in [3.05, 3.63) is 39.5 Å². The van der Waals surface area contributed by atoms with Crippen molar-refractivity contribution in [1.29, 1.82) is 0 Å². The van der Waals surface area contributed by atoms with Gasteiger partial charge in [-0.1, -0.05) is 28.4 Å². The standard InChI is InChI=1S/C13H11Cl2N3O3/c1-5-16-12(21-18-5)7-4-10(13(19)20)17-9-3-6(14)2-8(15)11(7)9/h2-3,7,10,17H,4H2,1H3,(H,19,20). The molecule has 0 amide bonds. The number of halogens is 2. The molecule has 2 aromatic rings. The number of nitrogens with zero attached hydrogens (tertiary/aromatic N) is 2. The summed E-state index contributed by atoms with van der Waals surface area (Å²) in [6, 6.07) is 2.49. The molecule has 0 radical (unpaired) electrons. The number of hydrogen-bond donors (Lipinski definition) is 2. The summed E-state index contributed by atoms with van der Waals surface area (Å²) in [6.45, 7) is 1.70. The van der Waals surface area contributed by atoms with E-state index in [0.717, 1.165) is 5.56 Å². The molecule has 2 heterocycles. The minimum atomic E-state index is -0.960. The Hall–Kier alpha value is -1.79. The highest BCUT2D eigenvalue weighted by atomic mass is 35.5. The van der Waals surface area contributed by atoms with E-state index in [1.807, 2.05) is 0 Å². The summed E-state index contributed by atoms with van der Waals surface area (Å²) in [4.78, 5) is 15.5. The van der Waals surface area contributed by atoms with E-state index in [1.165, 1.54) is 0 Å². The summed E-state index contributed by atoms with van der Waals surface area (Å²) in [7, 11) is 0. The van der Waals surface area contributed by atoms with E-state index >= 15 is 0 Å². The highest BCUT2D eigenvalue weighted by Gasteiger charge is 2.36. The monoisotopic (exact) mass is 327 g/mol. The van der Waals surface area contributed by atoms with E-state index < -0.39 is 12.0 Å². The van der Waals surface area contributed by atoms with Crippen molar-refractivity contribution in [2.24, 2.45) is 0 Å². The van der Waals surface area contributed by atoms with Crippen LogP contribution < -0.4 is 5.32 Å². The van der Waals surface area contributed by atoms with Crippen LogP contribution >= 0.6 is 23.2 Å². The van der Waals surface area contributed by atoms with Gasteiger partial charge >= 0.3 is 5.97 Å². The van der Waals surface area contributed by atoms with Gasteiger partial charge in [-0.3, -0.25) is 0 Å². The Morgan fingerprint density at radius 3 is 2.86 bits per heavy atom. The Kier molecular flexibility index (Phi) is 3.51. The van der Waals surface area contributed by atoms with Gasteiger partial charge in [-0.05, 0) is 25.5 Å². The van der Waals surface area contributed by atoms with Crippen LogP contribution in [0.4, 0.5) is 5.69 Å².